The summed E-state index contributed by atoms with van der Waals surface area (Å²) in [5, 5.41) is 12.4. The third-order valence-corrected chi connectivity index (χ3v) is 7.23. The van der Waals surface area contributed by atoms with Gasteiger partial charge in [0.1, 0.15) is 5.60 Å². The third-order valence-electron chi connectivity index (χ3n) is 7.23. The molecule has 0 aromatic heterocycles. The number of carboxylic acid groups (broad SMARTS) is 1. The number of nitrogens with zero attached hydrogens (tertiary/aromatic N) is 1. The van der Waals surface area contributed by atoms with E-state index >= 15 is 0 Å². The van der Waals surface area contributed by atoms with Crippen molar-refractivity contribution in [1.82, 2.24) is 10.2 Å². The lowest BCUT2D eigenvalue weighted by Gasteiger charge is -2.32. The minimum absolute atomic E-state index is 0.00764. The van der Waals surface area contributed by atoms with Crippen molar-refractivity contribution in [3.05, 3.63) is 35.9 Å². The topological polar surface area (TPSA) is 95.9 Å². The van der Waals surface area contributed by atoms with Crippen LogP contribution in [-0.2, 0) is 14.3 Å². The summed E-state index contributed by atoms with van der Waals surface area (Å²) in [6.07, 6.45) is 4.60. The molecule has 3 aliphatic carbocycles. The highest BCUT2D eigenvalue weighted by Gasteiger charge is 2.56. The predicted molar refractivity (Wildman–Crippen MR) is 124 cm³/mol. The zero-order valence-corrected chi connectivity index (χ0v) is 19.9. The Morgan fingerprint density at radius 3 is 2.27 bits per heavy atom. The van der Waals surface area contributed by atoms with Gasteiger partial charge in [-0.3, -0.25) is 9.59 Å². The SMILES string of the molecule is CC(C)(C)OC(=O)N(CC1(C(=O)N[C@H]2CC[C@H](C(=O)O)CC2)CC1)[C@H]1CC1c1ccccc1. The number of rotatable bonds is 7. The van der Waals surface area contributed by atoms with Crippen LogP contribution < -0.4 is 5.32 Å². The van der Waals surface area contributed by atoms with Gasteiger partial charge in [-0.05, 0) is 71.3 Å². The molecule has 7 heteroatoms. The van der Waals surface area contributed by atoms with Crippen LogP contribution in [0.3, 0.4) is 0 Å². The maximum absolute atomic E-state index is 13.2. The van der Waals surface area contributed by atoms with E-state index < -0.39 is 17.0 Å². The fourth-order valence-electron chi connectivity index (χ4n) is 4.98. The summed E-state index contributed by atoms with van der Waals surface area (Å²) in [5.41, 5.74) is 0.0408. The lowest BCUT2D eigenvalue weighted by molar-refractivity contribution is -0.142. The molecule has 3 saturated carbocycles. The molecular weight excluding hydrogens is 420 g/mol. The molecule has 4 rings (SSSR count). The van der Waals surface area contributed by atoms with Crippen molar-refractivity contribution in [2.24, 2.45) is 11.3 Å². The molecule has 2 N–H and O–H groups in total. The first-order valence-electron chi connectivity index (χ1n) is 12.2. The Kier molecular flexibility index (Phi) is 6.43. The minimum Gasteiger partial charge on any atom is -0.481 e. The summed E-state index contributed by atoms with van der Waals surface area (Å²) in [7, 11) is 0. The summed E-state index contributed by atoms with van der Waals surface area (Å²) >= 11 is 0. The average molecular weight is 457 g/mol. The first kappa shape index (κ1) is 23.6. The predicted octanol–water partition coefficient (Wildman–Crippen LogP) is 4.32. The van der Waals surface area contributed by atoms with Crippen LogP contribution in [0.25, 0.3) is 0 Å². The Balaban J connectivity index is 1.41. The number of aliphatic carboxylic acids is 1. The largest absolute Gasteiger partial charge is 0.481 e. The zero-order valence-electron chi connectivity index (χ0n) is 19.9. The minimum atomic E-state index is -0.746. The molecule has 3 fully saturated rings. The maximum atomic E-state index is 13.2. The quantitative estimate of drug-likeness (QED) is 0.637. The van der Waals surface area contributed by atoms with Crippen LogP contribution in [0.1, 0.15) is 77.2 Å². The zero-order chi connectivity index (χ0) is 23.8. The molecule has 7 nitrogen and oxygen atoms in total. The van der Waals surface area contributed by atoms with E-state index in [1.54, 1.807) is 4.90 Å². The van der Waals surface area contributed by atoms with Crippen molar-refractivity contribution in [2.75, 3.05) is 6.54 Å². The number of carboxylic acids is 1. The van der Waals surface area contributed by atoms with Gasteiger partial charge in [0, 0.05) is 24.5 Å². The van der Waals surface area contributed by atoms with Gasteiger partial charge in [-0.15, -0.1) is 0 Å². The average Bonchev–Trinajstić information content (AvgIpc) is 3.66. The van der Waals surface area contributed by atoms with Gasteiger partial charge in [0.2, 0.25) is 5.91 Å². The Morgan fingerprint density at radius 2 is 1.73 bits per heavy atom. The summed E-state index contributed by atoms with van der Waals surface area (Å²) in [6.45, 7) is 5.94. The molecular formula is C26H36N2O5. The van der Waals surface area contributed by atoms with Gasteiger partial charge in [0.15, 0.2) is 0 Å². The molecule has 0 aliphatic heterocycles. The van der Waals surface area contributed by atoms with E-state index in [1.165, 1.54) is 5.56 Å². The number of hydrogen-bond donors (Lipinski definition) is 2. The van der Waals surface area contributed by atoms with E-state index in [2.05, 4.69) is 17.4 Å². The highest BCUT2D eigenvalue weighted by molar-refractivity contribution is 5.86. The van der Waals surface area contributed by atoms with Crippen LogP contribution in [0.2, 0.25) is 0 Å². The highest BCUT2D eigenvalue weighted by atomic mass is 16.6. The van der Waals surface area contributed by atoms with Crippen molar-refractivity contribution in [1.29, 1.82) is 0 Å². The molecule has 3 aliphatic rings. The second-order valence-corrected chi connectivity index (χ2v) is 11.1. The normalized spacial score (nSPS) is 27.8. The van der Waals surface area contributed by atoms with E-state index in [9.17, 15) is 19.5 Å². The first-order chi connectivity index (χ1) is 15.6. The smallest absolute Gasteiger partial charge is 0.410 e. The number of benzene rings is 1. The van der Waals surface area contributed by atoms with Crippen molar-refractivity contribution in [3.8, 4) is 0 Å². The molecule has 0 heterocycles. The molecule has 180 valence electrons. The van der Waals surface area contributed by atoms with Gasteiger partial charge in [-0.1, -0.05) is 30.3 Å². The molecule has 2 amide bonds. The van der Waals surface area contributed by atoms with Crippen LogP contribution >= 0.6 is 0 Å². The van der Waals surface area contributed by atoms with Crippen LogP contribution in [0.4, 0.5) is 4.79 Å². The number of ether oxygens (including phenoxy) is 1. The van der Waals surface area contributed by atoms with Crippen molar-refractivity contribution in [3.63, 3.8) is 0 Å². The highest BCUT2D eigenvalue weighted by Crippen LogP contribution is 2.51. The van der Waals surface area contributed by atoms with Crippen molar-refractivity contribution >= 4 is 18.0 Å². The van der Waals surface area contributed by atoms with E-state index in [-0.39, 0.29) is 35.9 Å². The Morgan fingerprint density at radius 1 is 1.09 bits per heavy atom. The van der Waals surface area contributed by atoms with Gasteiger partial charge in [0.05, 0.1) is 11.3 Å². The van der Waals surface area contributed by atoms with E-state index in [1.807, 2.05) is 39.0 Å². The third kappa shape index (κ3) is 5.68. The lowest BCUT2D eigenvalue weighted by Crippen LogP contribution is -2.48. The second-order valence-electron chi connectivity index (χ2n) is 11.1. The van der Waals surface area contributed by atoms with Crippen LogP contribution in [0, 0.1) is 11.3 Å². The summed E-state index contributed by atoms with van der Waals surface area (Å²) in [4.78, 5) is 39.4. The number of carbonyl (C=O) groups excluding carboxylic acids is 2. The number of carbonyl (C=O) groups is 3. The number of hydrogen-bond acceptors (Lipinski definition) is 4. The molecule has 1 aromatic carbocycles. The number of amides is 2. The molecule has 33 heavy (non-hydrogen) atoms. The van der Waals surface area contributed by atoms with Crippen molar-refractivity contribution < 1.29 is 24.2 Å². The molecule has 0 spiro atoms. The Labute approximate surface area is 195 Å². The molecule has 0 saturated heterocycles. The van der Waals surface area contributed by atoms with Crippen LogP contribution in [-0.4, -0.2) is 52.2 Å². The van der Waals surface area contributed by atoms with Crippen LogP contribution in [0.15, 0.2) is 30.3 Å². The summed E-state index contributed by atoms with van der Waals surface area (Å²) in [6, 6.07) is 10.2. The lowest BCUT2D eigenvalue weighted by atomic mass is 9.86. The van der Waals surface area contributed by atoms with E-state index in [0.29, 0.717) is 32.2 Å². The summed E-state index contributed by atoms with van der Waals surface area (Å²) < 4.78 is 5.72. The Hall–Kier alpha value is -2.57. The number of nitrogens with one attached hydrogen (secondary N) is 1. The first-order valence-corrected chi connectivity index (χ1v) is 12.2. The van der Waals surface area contributed by atoms with Gasteiger partial charge >= 0.3 is 12.1 Å². The fourth-order valence-corrected chi connectivity index (χ4v) is 4.98. The molecule has 1 unspecified atom stereocenters. The standard InChI is InChI=1S/C26H36N2O5/c1-25(2,3)33-24(32)28(21-15-20(21)17-7-5-4-6-8-17)16-26(13-14-26)23(31)27-19-11-9-18(10-12-19)22(29)30/h4-8,18-21H,9-16H2,1-3H3,(H,27,31)(H,29,30)/t18-,19-,20?,21-/m0/s1. The van der Waals surface area contributed by atoms with E-state index in [0.717, 1.165) is 19.3 Å². The van der Waals surface area contributed by atoms with E-state index in [4.69, 9.17) is 4.74 Å². The van der Waals surface area contributed by atoms with Crippen molar-refractivity contribution in [2.45, 2.75) is 89.3 Å². The van der Waals surface area contributed by atoms with Gasteiger partial charge in [0.25, 0.3) is 0 Å². The molecule has 1 aromatic rings. The second kappa shape index (κ2) is 8.99. The monoisotopic (exact) mass is 456 g/mol. The van der Waals surface area contributed by atoms with Crippen LogP contribution in [0.5, 0.6) is 0 Å². The molecule has 0 bridgehead atoms. The maximum Gasteiger partial charge on any atom is 0.410 e. The fraction of sp³-hybridized carbons (Fsp3) is 0.654. The van der Waals surface area contributed by atoms with Gasteiger partial charge < -0.3 is 20.1 Å². The summed E-state index contributed by atoms with van der Waals surface area (Å²) in [5.74, 6) is -0.792. The van der Waals surface area contributed by atoms with Gasteiger partial charge in [-0.25, -0.2) is 4.79 Å². The van der Waals surface area contributed by atoms with Gasteiger partial charge in [-0.2, -0.15) is 0 Å². The molecule has 0 radical (unpaired) electrons. The molecule has 2 atom stereocenters. The Bertz CT molecular complexity index is 882.